The Morgan fingerprint density at radius 2 is 2.25 bits per heavy atom. The highest BCUT2D eigenvalue weighted by Gasteiger charge is 2.26. The highest BCUT2D eigenvalue weighted by Crippen LogP contribution is 2.27. The van der Waals surface area contributed by atoms with E-state index in [0.29, 0.717) is 13.1 Å². The van der Waals surface area contributed by atoms with Crippen LogP contribution in [0.5, 0.6) is 0 Å². The average Bonchev–Trinajstić information content (AvgIpc) is 2.61. The fourth-order valence-electron chi connectivity index (χ4n) is 3.01. The van der Waals surface area contributed by atoms with Gasteiger partial charge in [-0.2, -0.15) is 0 Å². The molecule has 3 rings (SSSR count). The number of nitrogens with zero attached hydrogens (tertiary/aromatic N) is 3. The van der Waals surface area contributed by atoms with E-state index in [1.165, 1.54) is 12.1 Å². The Hall–Kier alpha value is -2.54. The van der Waals surface area contributed by atoms with Crippen molar-refractivity contribution in [1.29, 1.82) is 0 Å². The third kappa shape index (κ3) is 3.35. The summed E-state index contributed by atoms with van der Waals surface area (Å²) in [6.45, 7) is 0.749. The highest BCUT2D eigenvalue weighted by molar-refractivity contribution is 5.94. The van der Waals surface area contributed by atoms with Crippen LogP contribution in [0, 0.1) is 5.82 Å². The van der Waals surface area contributed by atoms with Gasteiger partial charge in [-0.1, -0.05) is 6.07 Å². The molecular formula is C17H19FN4O2. The number of aliphatic hydroxyl groups is 1. The molecule has 1 aliphatic rings. The average molecular weight is 330 g/mol. The second kappa shape index (κ2) is 6.92. The summed E-state index contributed by atoms with van der Waals surface area (Å²) in [6, 6.07) is 5.98. The van der Waals surface area contributed by atoms with Crippen LogP contribution in [0.2, 0.25) is 0 Å². The molecule has 0 aliphatic carbocycles. The predicted molar refractivity (Wildman–Crippen MR) is 86.6 cm³/mol. The van der Waals surface area contributed by atoms with Gasteiger partial charge in [0.05, 0.1) is 12.3 Å². The summed E-state index contributed by atoms with van der Waals surface area (Å²) in [4.78, 5) is 22.5. The van der Waals surface area contributed by atoms with Gasteiger partial charge in [0.15, 0.2) is 0 Å². The van der Waals surface area contributed by atoms with Gasteiger partial charge >= 0.3 is 0 Å². The van der Waals surface area contributed by atoms with Crippen LogP contribution in [0.25, 0.3) is 0 Å². The van der Waals surface area contributed by atoms with Crippen LogP contribution in [-0.2, 0) is 6.61 Å². The fourth-order valence-corrected chi connectivity index (χ4v) is 3.01. The monoisotopic (exact) mass is 330 g/mol. The van der Waals surface area contributed by atoms with Crippen molar-refractivity contribution in [2.24, 2.45) is 0 Å². The van der Waals surface area contributed by atoms with Gasteiger partial charge in [0, 0.05) is 36.3 Å². The molecule has 1 aromatic carbocycles. The summed E-state index contributed by atoms with van der Waals surface area (Å²) >= 11 is 0. The van der Waals surface area contributed by atoms with Crippen molar-refractivity contribution in [2.45, 2.75) is 25.4 Å². The number of amides is 1. The molecule has 1 aliphatic heterocycles. The first-order chi connectivity index (χ1) is 11.6. The molecule has 1 fully saturated rings. The molecule has 2 aromatic rings. The third-order valence-electron chi connectivity index (χ3n) is 4.29. The molecule has 6 nitrogen and oxygen atoms in total. The number of rotatable bonds is 3. The molecule has 1 amide bonds. The molecule has 3 N–H and O–H groups in total. The third-order valence-corrected chi connectivity index (χ3v) is 4.29. The lowest BCUT2D eigenvalue weighted by Crippen LogP contribution is -2.39. The van der Waals surface area contributed by atoms with Gasteiger partial charge in [-0.05, 0) is 31.0 Å². The number of nitrogens with two attached hydrogens (primary N) is 1. The molecule has 0 saturated carbocycles. The summed E-state index contributed by atoms with van der Waals surface area (Å²) in [5, 5.41) is 9.02. The van der Waals surface area contributed by atoms with Crippen molar-refractivity contribution in [3.8, 4) is 0 Å². The summed E-state index contributed by atoms with van der Waals surface area (Å²) in [6.07, 6.45) is 3.37. The second-order valence-corrected chi connectivity index (χ2v) is 5.89. The van der Waals surface area contributed by atoms with E-state index in [2.05, 4.69) is 9.97 Å². The molecule has 1 aromatic heterocycles. The Morgan fingerprint density at radius 1 is 1.42 bits per heavy atom. The number of benzene rings is 1. The van der Waals surface area contributed by atoms with E-state index in [0.717, 1.165) is 18.5 Å². The van der Waals surface area contributed by atoms with Crippen molar-refractivity contribution in [3.63, 3.8) is 0 Å². The zero-order valence-electron chi connectivity index (χ0n) is 13.2. The number of aromatic nitrogens is 2. The van der Waals surface area contributed by atoms with Gasteiger partial charge < -0.3 is 15.7 Å². The Bertz CT molecular complexity index is 753. The maximum Gasteiger partial charge on any atom is 0.253 e. The minimum atomic E-state index is -0.569. The molecule has 1 unspecified atom stereocenters. The summed E-state index contributed by atoms with van der Waals surface area (Å²) in [5.41, 5.74) is 6.92. The van der Waals surface area contributed by atoms with Crippen LogP contribution >= 0.6 is 0 Å². The number of halogens is 1. The van der Waals surface area contributed by atoms with Gasteiger partial charge in [0.2, 0.25) is 5.95 Å². The quantitative estimate of drug-likeness (QED) is 0.894. The number of nitrogen functional groups attached to an aromatic ring is 1. The number of piperidine rings is 1. The Morgan fingerprint density at radius 3 is 2.96 bits per heavy atom. The lowest BCUT2D eigenvalue weighted by Gasteiger charge is -2.32. The van der Waals surface area contributed by atoms with Crippen molar-refractivity contribution in [2.75, 3.05) is 18.8 Å². The van der Waals surface area contributed by atoms with E-state index in [1.54, 1.807) is 17.2 Å². The first-order valence-corrected chi connectivity index (χ1v) is 7.85. The first kappa shape index (κ1) is 16.3. The number of carbonyl (C=O) groups excluding carboxylic acids is 1. The van der Waals surface area contributed by atoms with E-state index >= 15 is 0 Å². The molecule has 2 heterocycles. The molecule has 1 saturated heterocycles. The second-order valence-electron chi connectivity index (χ2n) is 5.89. The molecule has 0 spiro atoms. The van der Waals surface area contributed by atoms with Crippen molar-refractivity contribution in [3.05, 3.63) is 53.1 Å². The molecule has 0 radical (unpaired) electrons. The number of hydrogen-bond donors (Lipinski definition) is 2. The van der Waals surface area contributed by atoms with Gasteiger partial charge in [-0.25, -0.2) is 14.4 Å². The van der Waals surface area contributed by atoms with Crippen molar-refractivity contribution in [1.82, 2.24) is 14.9 Å². The van der Waals surface area contributed by atoms with E-state index in [9.17, 15) is 9.18 Å². The Balaban J connectivity index is 1.77. The van der Waals surface area contributed by atoms with Crippen LogP contribution in [0.1, 0.15) is 40.4 Å². The standard InChI is InChI=1S/C17H19FN4O2/c18-14-8-11(3-4-13(14)10-23)16(24)22-7-1-2-12(9-22)15-5-6-20-17(19)21-15/h3-6,8,12,23H,1-2,7,9-10H2,(H2,19,20,21). The van der Waals surface area contributed by atoms with Crippen LogP contribution in [0.15, 0.2) is 30.5 Å². The van der Waals surface area contributed by atoms with E-state index < -0.39 is 5.82 Å². The SMILES string of the molecule is Nc1nccc(C2CCCN(C(=O)c3ccc(CO)c(F)c3)C2)n1. The first-order valence-electron chi connectivity index (χ1n) is 7.85. The van der Waals surface area contributed by atoms with Crippen LogP contribution in [-0.4, -0.2) is 39.0 Å². The smallest absolute Gasteiger partial charge is 0.253 e. The zero-order chi connectivity index (χ0) is 17.1. The number of carbonyl (C=O) groups is 1. The highest BCUT2D eigenvalue weighted by atomic mass is 19.1. The maximum atomic E-state index is 13.8. The largest absolute Gasteiger partial charge is 0.392 e. The number of aliphatic hydroxyl groups excluding tert-OH is 1. The molecule has 0 bridgehead atoms. The number of hydrogen-bond acceptors (Lipinski definition) is 5. The van der Waals surface area contributed by atoms with Gasteiger partial charge in [0.25, 0.3) is 5.91 Å². The van der Waals surface area contributed by atoms with Gasteiger partial charge in [-0.3, -0.25) is 4.79 Å². The predicted octanol–water partition coefficient (Wildman–Crippen LogP) is 1.71. The summed E-state index contributed by atoms with van der Waals surface area (Å²) < 4.78 is 13.8. The van der Waals surface area contributed by atoms with Crippen molar-refractivity contribution < 1.29 is 14.3 Å². The van der Waals surface area contributed by atoms with Crippen LogP contribution in [0.4, 0.5) is 10.3 Å². The van der Waals surface area contributed by atoms with Gasteiger partial charge in [0.1, 0.15) is 5.82 Å². The Labute approximate surface area is 139 Å². The minimum Gasteiger partial charge on any atom is -0.392 e. The van der Waals surface area contributed by atoms with Crippen LogP contribution in [0.3, 0.4) is 0 Å². The van der Waals surface area contributed by atoms with Gasteiger partial charge in [-0.15, -0.1) is 0 Å². The zero-order valence-corrected chi connectivity index (χ0v) is 13.2. The molecule has 126 valence electrons. The van der Waals surface area contributed by atoms with Crippen LogP contribution < -0.4 is 5.73 Å². The molecular weight excluding hydrogens is 311 g/mol. The number of likely N-dealkylation sites (tertiary alicyclic amines) is 1. The normalized spacial score (nSPS) is 17.8. The summed E-state index contributed by atoms with van der Waals surface area (Å²) in [7, 11) is 0. The van der Waals surface area contributed by atoms with E-state index in [1.807, 2.05) is 6.07 Å². The summed E-state index contributed by atoms with van der Waals surface area (Å²) in [5.74, 6) is -0.474. The topological polar surface area (TPSA) is 92.3 Å². The molecule has 24 heavy (non-hydrogen) atoms. The number of anilines is 1. The lowest BCUT2D eigenvalue weighted by atomic mass is 9.94. The Kier molecular flexibility index (Phi) is 4.71. The molecule has 1 atom stereocenters. The maximum absolute atomic E-state index is 13.8. The van der Waals surface area contributed by atoms with Crippen molar-refractivity contribution >= 4 is 11.9 Å². The molecule has 7 heteroatoms. The van der Waals surface area contributed by atoms with E-state index in [4.69, 9.17) is 10.8 Å². The van der Waals surface area contributed by atoms with E-state index in [-0.39, 0.29) is 35.5 Å². The minimum absolute atomic E-state index is 0.0922. The fraction of sp³-hybridized carbons (Fsp3) is 0.353. The lowest BCUT2D eigenvalue weighted by molar-refractivity contribution is 0.0705.